The molecule has 112 valence electrons. The second kappa shape index (κ2) is 5.89. The zero-order valence-electron chi connectivity index (χ0n) is 11.0. The molecule has 1 fully saturated rings. The average molecular weight is 362 g/mol. The van der Waals surface area contributed by atoms with Crippen LogP contribution in [0.5, 0.6) is 0 Å². The molecule has 3 nitrogen and oxygen atoms in total. The van der Waals surface area contributed by atoms with Gasteiger partial charge in [-0.1, -0.05) is 35.3 Å². The molecule has 0 unspecified atom stereocenters. The highest BCUT2D eigenvalue weighted by Crippen LogP contribution is 2.40. The third-order valence-electron chi connectivity index (χ3n) is 3.58. The second-order valence-electron chi connectivity index (χ2n) is 4.84. The minimum absolute atomic E-state index is 0.0834. The lowest BCUT2D eigenvalue weighted by molar-refractivity contribution is 0.401. The lowest BCUT2D eigenvalue weighted by Gasteiger charge is -2.24. The summed E-state index contributed by atoms with van der Waals surface area (Å²) in [5, 5.41) is 2.31. The lowest BCUT2D eigenvalue weighted by atomic mass is 10.2. The molecule has 1 aromatic heterocycles. The normalized spacial score (nSPS) is 20.0. The van der Waals surface area contributed by atoms with Crippen molar-refractivity contribution in [2.45, 2.75) is 23.8 Å². The van der Waals surface area contributed by atoms with E-state index in [1.165, 1.54) is 10.4 Å². The van der Waals surface area contributed by atoms with Crippen molar-refractivity contribution in [3.05, 3.63) is 50.6 Å². The summed E-state index contributed by atoms with van der Waals surface area (Å²) in [4.78, 5) is 1.15. The van der Waals surface area contributed by atoms with Gasteiger partial charge in [-0.3, -0.25) is 0 Å². The first-order chi connectivity index (χ1) is 10.0. The van der Waals surface area contributed by atoms with Gasteiger partial charge >= 0.3 is 0 Å². The van der Waals surface area contributed by atoms with Crippen molar-refractivity contribution in [1.29, 1.82) is 0 Å². The van der Waals surface area contributed by atoms with Crippen LogP contribution in [0.15, 0.2) is 40.6 Å². The first-order valence-corrected chi connectivity index (χ1v) is 9.58. The summed E-state index contributed by atoms with van der Waals surface area (Å²) < 4.78 is 27.3. The maximum atomic E-state index is 12.9. The number of halogens is 2. The van der Waals surface area contributed by atoms with Gasteiger partial charge in [0.1, 0.15) is 4.90 Å². The van der Waals surface area contributed by atoms with Crippen LogP contribution in [0.4, 0.5) is 0 Å². The fourth-order valence-electron chi connectivity index (χ4n) is 2.60. The van der Waals surface area contributed by atoms with Crippen molar-refractivity contribution in [1.82, 2.24) is 4.31 Å². The molecule has 1 aliphatic rings. The van der Waals surface area contributed by atoms with Crippen molar-refractivity contribution >= 4 is 44.6 Å². The highest BCUT2D eigenvalue weighted by atomic mass is 35.5. The molecule has 7 heteroatoms. The third-order valence-corrected chi connectivity index (χ3v) is 7.43. The Bertz CT molecular complexity index is 744. The van der Waals surface area contributed by atoms with Crippen LogP contribution >= 0.6 is 34.5 Å². The molecule has 1 aromatic carbocycles. The van der Waals surface area contributed by atoms with Crippen LogP contribution in [-0.4, -0.2) is 19.3 Å². The van der Waals surface area contributed by atoms with E-state index in [1.54, 1.807) is 23.5 Å². The molecule has 2 heterocycles. The number of sulfonamides is 1. The number of rotatable bonds is 3. The van der Waals surface area contributed by atoms with E-state index in [0.717, 1.165) is 17.7 Å². The molecule has 0 radical (unpaired) electrons. The SMILES string of the molecule is O=S(=O)(c1cccc(Cl)c1Cl)N1CCC[C@H]1c1cccs1. The van der Waals surface area contributed by atoms with Gasteiger partial charge in [0, 0.05) is 11.4 Å². The Kier molecular flexibility index (Phi) is 4.30. The lowest BCUT2D eigenvalue weighted by Crippen LogP contribution is -2.30. The number of hydrogen-bond acceptors (Lipinski definition) is 3. The maximum absolute atomic E-state index is 12.9. The van der Waals surface area contributed by atoms with Gasteiger partial charge in [-0.25, -0.2) is 8.42 Å². The fourth-order valence-corrected chi connectivity index (χ4v) is 5.96. The molecule has 1 saturated heterocycles. The van der Waals surface area contributed by atoms with E-state index in [4.69, 9.17) is 23.2 Å². The molecule has 21 heavy (non-hydrogen) atoms. The van der Waals surface area contributed by atoms with E-state index in [1.807, 2.05) is 17.5 Å². The quantitative estimate of drug-likeness (QED) is 0.801. The number of thiophene rings is 1. The zero-order chi connectivity index (χ0) is 15.0. The van der Waals surface area contributed by atoms with Crippen LogP contribution in [0, 0.1) is 0 Å². The first-order valence-electron chi connectivity index (χ1n) is 6.51. The summed E-state index contributed by atoms with van der Waals surface area (Å²) in [6.45, 7) is 0.508. The summed E-state index contributed by atoms with van der Waals surface area (Å²) in [5.74, 6) is 0. The number of benzene rings is 1. The third kappa shape index (κ3) is 2.73. The predicted octanol–water partition coefficient (Wildman–Crippen LogP) is 4.58. The number of hydrogen-bond donors (Lipinski definition) is 0. The molecular weight excluding hydrogens is 349 g/mol. The van der Waals surface area contributed by atoms with Gasteiger partial charge in [0.15, 0.2) is 0 Å². The van der Waals surface area contributed by atoms with Crippen molar-refractivity contribution in [2.24, 2.45) is 0 Å². The fraction of sp³-hybridized carbons (Fsp3) is 0.286. The van der Waals surface area contributed by atoms with Crippen molar-refractivity contribution in [2.75, 3.05) is 6.54 Å². The Morgan fingerprint density at radius 3 is 2.71 bits per heavy atom. The molecular formula is C14H13Cl2NO2S2. The summed E-state index contributed by atoms with van der Waals surface area (Å²) in [7, 11) is -3.64. The van der Waals surface area contributed by atoms with Gasteiger partial charge in [0.2, 0.25) is 10.0 Å². The van der Waals surface area contributed by atoms with Gasteiger partial charge in [0.05, 0.1) is 16.1 Å². The van der Waals surface area contributed by atoms with E-state index >= 15 is 0 Å². The Labute approximate surface area is 138 Å². The van der Waals surface area contributed by atoms with E-state index in [-0.39, 0.29) is 21.0 Å². The standard InChI is InChI=1S/C14H13Cl2NO2S2/c15-10-4-1-7-13(14(10)16)21(18,19)17-8-2-5-11(17)12-6-3-9-20-12/h1,3-4,6-7,9,11H,2,5,8H2/t11-/m0/s1. The monoisotopic (exact) mass is 361 g/mol. The van der Waals surface area contributed by atoms with Crippen molar-refractivity contribution in [3.63, 3.8) is 0 Å². The molecule has 0 bridgehead atoms. The molecule has 0 spiro atoms. The van der Waals surface area contributed by atoms with E-state index in [2.05, 4.69) is 0 Å². The van der Waals surface area contributed by atoms with Crippen LogP contribution in [0.1, 0.15) is 23.8 Å². The van der Waals surface area contributed by atoms with Crippen LogP contribution in [0.3, 0.4) is 0 Å². The second-order valence-corrected chi connectivity index (χ2v) is 8.46. The highest BCUT2D eigenvalue weighted by molar-refractivity contribution is 7.89. The molecule has 1 aliphatic heterocycles. The maximum Gasteiger partial charge on any atom is 0.245 e. The van der Waals surface area contributed by atoms with Crippen LogP contribution in [0.2, 0.25) is 10.0 Å². The topological polar surface area (TPSA) is 37.4 Å². The molecule has 1 atom stereocenters. The van der Waals surface area contributed by atoms with Gasteiger partial charge in [-0.2, -0.15) is 4.31 Å². The highest BCUT2D eigenvalue weighted by Gasteiger charge is 2.37. The summed E-state index contributed by atoms with van der Waals surface area (Å²) in [6, 6.07) is 8.51. The van der Waals surface area contributed by atoms with E-state index in [0.29, 0.717) is 6.54 Å². The largest absolute Gasteiger partial charge is 0.245 e. The summed E-state index contributed by atoms with van der Waals surface area (Å²) >= 11 is 13.6. The molecule has 2 aromatic rings. The smallest absolute Gasteiger partial charge is 0.207 e. The Hall–Kier alpha value is -0.590. The average Bonchev–Trinajstić information content (AvgIpc) is 3.11. The number of nitrogens with zero attached hydrogens (tertiary/aromatic N) is 1. The zero-order valence-corrected chi connectivity index (χ0v) is 14.1. The van der Waals surface area contributed by atoms with E-state index < -0.39 is 10.0 Å². The Morgan fingerprint density at radius 2 is 2.00 bits per heavy atom. The van der Waals surface area contributed by atoms with Gasteiger partial charge in [0.25, 0.3) is 0 Å². The van der Waals surface area contributed by atoms with Gasteiger partial charge in [-0.05, 0) is 36.4 Å². The van der Waals surface area contributed by atoms with Gasteiger partial charge < -0.3 is 0 Å². The van der Waals surface area contributed by atoms with Crippen molar-refractivity contribution in [3.8, 4) is 0 Å². The Balaban J connectivity index is 2.03. The van der Waals surface area contributed by atoms with Crippen molar-refractivity contribution < 1.29 is 8.42 Å². The van der Waals surface area contributed by atoms with E-state index in [9.17, 15) is 8.42 Å². The van der Waals surface area contributed by atoms with Crippen LogP contribution in [0.25, 0.3) is 0 Å². The summed E-state index contributed by atoms with van der Waals surface area (Å²) in [6.07, 6.45) is 1.68. The van der Waals surface area contributed by atoms with Crippen LogP contribution in [-0.2, 0) is 10.0 Å². The first kappa shape index (κ1) is 15.3. The Morgan fingerprint density at radius 1 is 1.19 bits per heavy atom. The van der Waals surface area contributed by atoms with Crippen LogP contribution < -0.4 is 0 Å². The minimum Gasteiger partial charge on any atom is -0.207 e. The minimum atomic E-state index is -3.64. The molecule has 0 amide bonds. The molecule has 0 aliphatic carbocycles. The molecule has 3 rings (SSSR count). The molecule has 0 N–H and O–H groups in total. The predicted molar refractivity (Wildman–Crippen MR) is 86.6 cm³/mol. The van der Waals surface area contributed by atoms with Gasteiger partial charge in [-0.15, -0.1) is 11.3 Å². The summed E-state index contributed by atoms with van der Waals surface area (Å²) in [5.41, 5.74) is 0. The molecule has 0 saturated carbocycles.